The van der Waals surface area contributed by atoms with Crippen molar-refractivity contribution in [3.63, 3.8) is 0 Å². The fourth-order valence-electron chi connectivity index (χ4n) is 2.03. The Labute approximate surface area is 145 Å². The summed E-state index contributed by atoms with van der Waals surface area (Å²) in [6.07, 6.45) is 7.70. The number of nitrogens with one attached hydrogen (secondary N) is 3. The van der Waals surface area contributed by atoms with Crippen LogP contribution in [0, 0.1) is 0 Å². The third-order valence-corrected chi connectivity index (χ3v) is 3.21. The minimum atomic E-state index is 0. The molecule has 3 heterocycles. The third-order valence-electron chi connectivity index (χ3n) is 3.21. The fraction of sp³-hybridized carbons (Fsp3) is 0.786. The molecule has 0 radical (unpaired) electrons. The molecular weight excluding hydrogens is 282 g/mol. The zero-order chi connectivity index (χ0) is 14.6. The van der Waals surface area contributed by atoms with Gasteiger partial charge in [0.1, 0.15) is 0 Å². The van der Waals surface area contributed by atoms with Crippen LogP contribution in [0.15, 0.2) is 0 Å². The Kier molecular flexibility index (Phi) is 12.4. The first-order valence-electron chi connectivity index (χ1n) is 7.48. The van der Waals surface area contributed by atoms with Crippen molar-refractivity contribution in [1.29, 1.82) is 0 Å². The van der Waals surface area contributed by atoms with Gasteiger partial charge in [0.05, 0.1) is 0 Å². The van der Waals surface area contributed by atoms with Crippen LogP contribution in [0.3, 0.4) is 0 Å². The summed E-state index contributed by atoms with van der Waals surface area (Å²) in [5, 5.41) is 8.17. The average molecular weight is 310 g/mol. The molecule has 0 spiro atoms. The Bertz CT molecular complexity index is 301. The molecule has 0 aromatic rings. The predicted molar refractivity (Wildman–Crippen MR) is 83.9 cm³/mol. The minimum absolute atomic E-state index is 0. The standard InChI is InChI=1S/C6H11NO.2C4H7NO.Mg.2H/c8-6-4-2-1-3-5-7-6;2*6-4-2-1-3-5-4;;;/h1-5H2,(H,7,8);2*1-3H2,(H,5,6);;;/q;;;+2;2*-1. The van der Waals surface area contributed by atoms with E-state index in [1.165, 1.54) is 6.42 Å². The van der Waals surface area contributed by atoms with E-state index in [0.717, 1.165) is 64.6 Å². The Morgan fingerprint density at radius 3 is 1.33 bits per heavy atom. The van der Waals surface area contributed by atoms with E-state index in [9.17, 15) is 14.4 Å². The number of amides is 3. The molecule has 0 atom stereocenters. The Hall–Kier alpha value is -0.824. The topological polar surface area (TPSA) is 87.3 Å². The molecule has 21 heavy (non-hydrogen) atoms. The van der Waals surface area contributed by atoms with Crippen LogP contribution < -0.4 is 16.0 Å². The molecular formula is C14H27MgN3O3. The smallest absolute Gasteiger partial charge is 1.00 e. The van der Waals surface area contributed by atoms with Crippen molar-refractivity contribution in [2.75, 3.05) is 19.6 Å². The minimum Gasteiger partial charge on any atom is -1.00 e. The van der Waals surface area contributed by atoms with Crippen molar-refractivity contribution in [3.05, 3.63) is 0 Å². The summed E-state index contributed by atoms with van der Waals surface area (Å²) in [4.78, 5) is 30.8. The molecule has 0 bridgehead atoms. The maximum atomic E-state index is 10.6. The Balaban J connectivity index is -0.000000248. The van der Waals surface area contributed by atoms with Crippen molar-refractivity contribution in [1.82, 2.24) is 16.0 Å². The van der Waals surface area contributed by atoms with Gasteiger partial charge in [-0.15, -0.1) is 0 Å². The molecule has 3 aliphatic rings. The van der Waals surface area contributed by atoms with Gasteiger partial charge in [-0.2, -0.15) is 0 Å². The first-order valence-corrected chi connectivity index (χ1v) is 7.48. The molecule has 3 fully saturated rings. The Morgan fingerprint density at radius 1 is 0.571 bits per heavy atom. The Morgan fingerprint density at radius 2 is 0.952 bits per heavy atom. The van der Waals surface area contributed by atoms with Gasteiger partial charge < -0.3 is 18.8 Å². The summed E-state index contributed by atoms with van der Waals surface area (Å²) in [5.41, 5.74) is 0. The SMILES string of the molecule is O=C1CCCCCN1.O=C1CCCN1.O=C1CCCN1.[H-].[H-].[Mg+2]. The van der Waals surface area contributed by atoms with E-state index < -0.39 is 0 Å². The number of hydrogen-bond acceptors (Lipinski definition) is 3. The normalized spacial score (nSPS) is 20.3. The summed E-state index contributed by atoms with van der Waals surface area (Å²) in [6.45, 7) is 2.66. The van der Waals surface area contributed by atoms with Gasteiger partial charge in [0.15, 0.2) is 0 Å². The van der Waals surface area contributed by atoms with Gasteiger partial charge in [0, 0.05) is 38.9 Å². The first-order chi connectivity index (χ1) is 9.68. The molecule has 3 N–H and O–H groups in total. The van der Waals surface area contributed by atoms with E-state index in [0.29, 0.717) is 0 Å². The number of carbonyl (C=O) groups excluding carboxylic acids is 3. The van der Waals surface area contributed by atoms with Crippen LogP contribution in [0.2, 0.25) is 0 Å². The van der Waals surface area contributed by atoms with E-state index in [2.05, 4.69) is 16.0 Å². The van der Waals surface area contributed by atoms with Crippen LogP contribution in [0.4, 0.5) is 0 Å². The largest absolute Gasteiger partial charge is 2.00 e. The van der Waals surface area contributed by atoms with Gasteiger partial charge in [-0.3, -0.25) is 14.4 Å². The van der Waals surface area contributed by atoms with Gasteiger partial charge in [0.2, 0.25) is 17.7 Å². The molecule has 0 aromatic carbocycles. The van der Waals surface area contributed by atoms with E-state index >= 15 is 0 Å². The molecule has 0 unspecified atom stereocenters. The maximum absolute atomic E-state index is 10.6. The zero-order valence-corrected chi connectivity index (χ0v) is 14.1. The van der Waals surface area contributed by atoms with Crippen molar-refractivity contribution < 1.29 is 17.2 Å². The summed E-state index contributed by atoms with van der Waals surface area (Å²) in [6, 6.07) is 0. The van der Waals surface area contributed by atoms with Gasteiger partial charge in [-0.05, 0) is 25.7 Å². The van der Waals surface area contributed by atoms with Crippen LogP contribution >= 0.6 is 0 Å². The molecule has 3 amide bonds. The van der Waals surface area contributed by atoms with Crippen molar-refractivity contribution in [3.8, 4) is 0 Å². The molecule has 118 valence electrons. The molecule has 6 nitrogen and oxygen atoms in total. The van der Waals surface area contributed by atoms with Crippen molar-refractivity contribution in [2.45, 2.75) is 51.4 Å². The predicted octanol–water partition coefficient (Wildman–Crippen LogP) is 0.314. The average Bonchev–Trinajstić information content (AvgIpc) is 3.03. The van der Waals surface area contributed by atoms with Gasteiger partial charge in [-0.25, -0.2) is 0 Å². The maximum Gasteiger partial charge on any atom is 2.00 e. The zero-order valence-electron chi connectivity index (χ0n) is 14.7. The first kappa shape index (κ1) is 20.2. The quantitative estimate of drug-likeness (QED) is 0.563. The molecule has 0 saturated carbocycles. The second kappa shape index (κ2) is 12.9. The van der Waals surface area contributed by atoms with Crippen LogP contribution in [-0.2, 0) is 14.4 Å². The van der Waals surface area contributed by atoms with E-state index in [4.69, 9.17) is 0 Å². The van der Waals surface area contributed by atoms with Gasteiger partial charge in [-0.1, -0.05) is 6.42 Å². The number of hydrogen-bond donors (Lipinski definition) is 3. The van der Waals surface area contributed by atoms with Crippen LogP contribution in [0.25, 0.3) is 0 Å². The summed E-state index contributed by atoms with van der Waals surface area (Å²) in [7, 11) is 0. The van der Waals surface area contributed by atoms with Crippen molar-refractivity contribution >= 4 is 40.8 Å². The van der Waals surface area contributed by atoms with E-state index in [1.54, 1.807) is 0 Å². The fourth-order valence-corrected chi connectivity index (χ4v) is 2.03. The van der Waals surface area contributed by atoms with E-state index in [1.807, 2.05) is 0 Å². The molecule has 0 aromatic heterocycles. The van der Waals surface area contributed by atoms with E-state index in [-0.39, 0.29) is 43.6 Å². The van der Waals surface area contributed by atoms with Gasteiger partial charge >= 0.3 is 23.1 Å². The molecule has 3 rings (SSSR count). The van der Waals surface area contributed by atoms with Crippen molar-refractivity contribution in [2.24, 2.45) is 0 Å². The molecule has 0 aliphatic carbocycles. The number of rotatable bonds is 0. The summed E-state index contributed by atoms with van der Waals surface area (Å²) < 4.78 is 0. The second-order valence-electron chi connectivity index (χ2n) is 5.07. The molecule has 3 saturated heterocycles. The molecule has 3 aliphatic heterocycles. The third kappa shape index (κ3) is 11.5. The molecule has 7 heteroatoms. The second-order valence-corrected chi connectivity index (χ2v) is 5.07. The number of carbonyl (C=O) groups is 3. The van der Waals surface area contributed by atoms with Crippen LogP contribution in [0.5, 0.6) is 0 Å². The van der Waals surface area contributed by atoms with Crippen LogP contribution in [0.1, 0.15) is 54.2 Å². The summed E-state index contributed by atoms with van der Waals surface area (Å²) >= 11 is 0. The summed E-state index contributed by atoms with van der Waals surface area (Å²) in [5.74, 6) is 0.632. The van der Waals surface area contributed by atoms with Crippen LogP contribution in [-0.4, -0.2) is 60.4 Å². The van der Waals surface area contributed by atoms with Gasteiger partial charge in [0.25, 0.3) is 0 Å². The monoisotopic (exact) mass is 309 g/mol.